The van der Waals surface area contributed by atoms with E-state index in [4.69, 9.17) is 18.9 Å². The summed E-state index contributed by atoms with van der Waals surface area (Å²) in [5.41, 5.74) is 1.62. The van der Waals surface area contributed by atoms with Crippen LogP contribution < -0.4 is 18.9 Å². The van der Waals surface area contributed by atoms with Crippen LogP contribution in [0.25, 0.3) is 0 Å². The molecule has 2 aliphatic heterocycles. The third kappa shape index (κ3) is 4.58. The van der Waals surface area contributed by atoms with Gasteiger partial charge >= 0.3 is 0 Å². The molecular formula is C23H27NO5. The summed E-state index contributed by atoms with van der Waals surface area (Å²) >= 11 is 0. The van der Waals surface area contributed by atoms with E-state index < -0.39 is 0 Å². The normalized spacial score (nSPS) is 15.0. The van der Waals surface area contributed by atoms with Gasteiger partial charge in [0.25, 0.3) is 5.91 Å². The molecule has 0 saturated heterocycles. The van der Waals surface area contributed by atoms with Crippen LogP contribution in [0.1, 0.15) is 36.2 Å². The van der Waals surface area contributed by atoms with Crippen LogP contribution in [0.3, 0.4) is 0 Å². The fourth-order valence-electron chi connectivity index (χ4n) is 3.55. The summed E-state index contributed by atoms with van der Waals surface area (Å²) in [7, 11) is 0. The van der Waals surface area contributed by atoms with E-state index in [9.17, 15) is 4.79 Å². The first-order valence-corrected chi connectivity index (χ1v) is 10.2. The van der Waals surface area contributed by atoms with Crippen molar-refractivity contribution < 1.29 is 23.7 Å². The summed E-state index contributed by atoms with van der Waals surface area (Å²) in [5.74, 6) is 3.14. The molecule has 0 saturated carbocycles. The van der Waals surface area contributed by atoms with Gasteiger partial charge in [0.1, 0.15) is 13.2 Å². The third-order valence-corrected chi connectivity index (χ3v) is 4.85. The molecule has 2 aliphatic rings. The maximum absolute atomic E-state index is 13.3. The number of rotatable bonds is 5. The van der Waals surface area contributed by atoms with Gasteiger partial charge in [0.2, 0.25) is 0 Å². The Hall–Kier alpha value is -2.89. The molecule has 0 atom stereocenters. The first kappa shape index (κ1) is 19.4. The predicted octanol–water partition coefficient (Wildman–Crippen LogP) is 3.92. The van der Waals surface area contributed by atoms with Gasteiger partial charge in [-0.25, -0.2) is 0 Å². The van der Waals surface area contributed by atoms with Gasteiger partial charge in [0.15, 0.2) is 23.0 Å². The Morgan fingerprint density at radius 1 is 0.862 bits per heavy atom. The summed E-state index contributed by atoms with van der Waals surface area (Å²) in [5, 5.41) is 0. The molecule has 6 heteroatoms. The number of fused-ring (bicyclic) bond motifs is 2. The summed E-state index contributed by atoms with van der Waals surface area (Å²) in [6.07, 6.45) is 0.835. The smallest absolute Gasteiger partial charge is 0.254 e. The molecule has 29 heavy (non-hydrogen) atoms. The molecule has 154 valence electrons. The number of ether oxygens (including phenoxy) is 4. The second-order valence-corrected chi connectivity index (χ2v) is 7.77. The molecule has 0 N–H and O–H groups in total. The molecule has 0 aliphatic carbocycles. The number of carbonyl (C=O) groups is 1. The first-order valence-electron chi connectivity index (χ1n) is 10.2. The molecule has 0 spiro atoms. The maximum atomic E-state index is 13.3. The zero-order chi connectivity index (χ0) is 20.2. The quantitative estimate of drug-likeness (QED) is 0.765. The third-order valence-electron chi connectivity index (χ3n) is 4.85. The van der Waals surface area contributed by atoms with E-state index in [-0.39, 0.29) is 5.91 Å². The number of hydrogen-bond donors (Lipinski definition) is 0. The van der Waals surface area contributed by atoms with Crippen molar-refractivity contribution in [3.05, 3.63) is 47.5 Å². The molecule has 2 heterocycles. The van der Waals surface area contributed by atoms with Crippen molar-refractivity contribution in [2.24, 2.45) is 5.92 Å². The molecule has 2 aromatic rings. The number of hydrogen-bond acceptors (Lipinski definition) is 5. The zero-order valence-corrected chi connectivity index (χ0v) is 17.0. The van der Waals surface area contributed by atoms with Crippen LogP contribution >= 0.6 is 0 Å². The topological polar surface area (TPSA) is 57.2 Å². The van der Waals surface area contributed by atoms with Crippen LogP contribution in [0.2, 0.25) is 0 Å². The van der Waals surface area contributed by atoms with Crippen molar-refractivity contribution in [2.45, 2.75) is 26.8 Å². The van der Waals surface area contributed by atoms with Gasteiger partial charge < -0.3 is 23.8 Å². The van der Waals surface area contributed by atoms with Crippen LogP contribution in [0.15, 0.2) is 36.4 Å². The second-order valence-electron chi connectivity index (χ2n) is 7.77. The minimum Gasteiger partial charge on any atom is -0.490 e. The Morgan fingerprint density at radius 2 is 1.48 bits per heavy atom. The van der Waals surface area contributed by atoms with Crippen molar-refractivity contribution in [1.82, 2.24) is 4.90 Å². The van der Waals surface area contributed by atoms with Crippen molar-refractivity contribution in [3.8, 4) is 23.0 Å². The summed E-state index contributed by atoms with van der Waals surface area (Å²) in [4.78, 5) is 15.2. The fraction of sp³-hybridized carbons (Fsp3) is 0.435. The number of amides is 1. The zero-order valence-electron chi connectivity index (χ0n) is 17.0. The van der Waals surface area contributed by atoms with Crippen molar-refractivity contribution in [2.75, 3.05) is 33.0 Å². The standard InChI is InChI=1S/C23H27NO5/c1-16(2)14-24(15-17-4-6-19-21(12-17)29-11-10-28-19)23(25)18-5-7-20-22(13-18)27-9-3-8-26-20/h4-7,12-13,16H,3,8-11,14-15H2,1-2H3. The monoisotopic (exact) mass is 397 g/mol. The molecule has 4 rings (SSSR count). The van der Waals surface area contributed by atoms with E-state index in [0.29, 0.717) is 62.5 Å². The summed E-state index contributed by atoms with van der Waals surface area (Å²) in [6.45, 7) is 7.71. The lowest BCUT2D eigenvalue weighted by Crippen LogP contribution is -2.33. The molecule has 0 aromatic heterocycles. The second kappa shape index (κ2) is 8.64. The van der Waals surface area contributed by atoms with Gasteiger partial charge in [0, 0.05) is 25.1 Å². The number of nitrogens with zero attached hydrogens (tertiary/aromatic N) is 1. The fourth-order valence-corrected chi connectivity index (χ4v) is 3.55. The lowest BCUT2D eigenvalue weighted by molar-refractivity contribution is 0.0721. The first-order chi connectivity index (χ1) is 14.1. The minimum absolute atomic E-state index is 0.0239. The van der Waals surface area contributed by atoms with E-state index in [0.717, 1.165) is 23.5 Å². The Balaban J connectivity index is 1.56. The highest BCUT2D eigenvalue weighted by atomic mass is 16.6. The van der Waals surface area contributed by atoms with Gasteiger partial charge in [-0.05, 0) is 41.8 Å². The Morgan fingerprint density at radius 3 is 2.24 bits per heavy atom. The molecule has 0 bridgehead atoms. The maximum Gasteiger partial charge on any atom is 0.254 e. The van der Waals surface area contributed by atoms with Crippen LogP contribution in [-0.4, -0.2) is 43.8 Å². The molecule has 1 amide bonds. The highest BCUT2D eigenvalue weighted by Gasteiger charge is 2.21. The molecule has 0 fully saturated rings. The van der Waals surface area contributed by atoms with E-state index in [1.165, 1.54) is 0 Å². The van der Waals surface area contributed by atoms with Crippen molar-refractivity contribution in [3.63, 3.8) is 0 Å². The highest BCUT2D eigenvalue weighted by molar-refractivity contribution is 5.95. The van der Waals surface area contributed by atoms with E-state index in [2.05, 4.69) is 13.8 Å². The molecular weight excluding hydrogens is 370 g/mol. The SMILES string of the molecule is CC(C)CN(Cc1ccc2c(c1)OCCO2)C(=O)c1ccc2c(c1)OCCCO2. The Bertz CT molecular complexity index is 880. The average Bonchev–Trinajstić information content (AvgIpc) is 2.97. The van der Waals surface area contributed by atoms with Crippen molar-refractivity contribution >= 4 is 5.91 Å². The molecule has 0 radical (unpaired) electrons. The summed E-state index contributed by atoms with van der Waals surface area (Å²) in [6, 6.07) is 11.3. The minimum atomic E-state index is -0.0239. The Kier molecular flexibility index (Phi) is 5.79. The van der Waals surface area contributed by atoms with Crippen LogP contribution in [0.5, 0.6) is 23.0 Å². The van der Waals surface area contributed by atoms with Gasteiger partial charge in [-0.2, -0.15) is 0 Å². The summed E-state index contributed by atoms with van der Waals surface area (Å²) < 4.78 is 22.7. The number of carbonyl (C=O) groups excluding carboxylic acids is 1. The van der Waals surface area contributed by atoms with Gasteiger partial charge in [-0.1, -0.05) is 19.9 Å². The van der Waals surface area contributed by atoms with Gasteiger partial charge in [0.05, 0.1) is 13.2 Å². The molecule has 0 unspecified atom stereocenters. The predicted molar refractivity (Wildman–Crippen MR) is 109 cm³/mol. The largest absolute Gasteiger partial charge is 0.490 e. The Labute approximate surface area is 171 Å². The van der Waals surface area contributed by atoms with Crippen LogP contribution in [-0.2, 0) is 6.54 Å². The van der Waals surface area contributed by atoms with Crippen molar-refractivity contribution in [1.29, 1.82) is 0 Å². The lowest BCUT2D eigenvalue weighted by Gasteiger charge is -2.26. The lowest BCUT2D eigenvalue weighted by atomic mass is 10.1. The molecule has 2 aromatic carbocycles. The van der Waals surface area contributed by atoms with Crippen LogP contribution in [0.4, 0.5) is 0 Å². The van der Waals surface area contributed by atoms with E-state index >= 15 is 0 Å². The van der Waals surface area contributed by atoms with Crippen LogP contribution in [0, 0.1) is 5.92 Å². The van der Waals surface area contributed by atoms with E-state index in [1.54, 1.807) is 6.07 Å². The molecule has 6 nitrogen and oxygen atoms in total. The van der Waals surface area contributed by atoms with E-state index in [1.807, 2.05) is 35.2 Å². The van der Waals surface area contributed by atoms with Gasteiger partial charge in [-0.15, -0.1) is 0 Å². The van der Waals surface area contributed by atoms with Gasteiger partial charge in [-0.3, -0.25) is 4.79 Å². The number of benzene rings is 2. The highest BCUT2D eigenvalue weighted by Crippen LogP contribution is 2.33. The average molecular weight is 397 g/mol.